The Morgan fingerprint density at radius 1 is 1.21 bits per heavy atom. The molecule has 1 amide bonds. The first-order valence-corrected chi connectivity index (χ1v) is 10.5. The number of halogens is 2. The molecule has 1 unspecified atom stereocenters. The monoisotopic (exact) mass is 465 g/mol. The molecule has 9 heteroatoms. The highest BCUT2D eigenvalue weighted by Crippen LogP contribution is 2.38. The fourth-order valence-electron chi connectivity index (χ4n) is 3.83. The molecule has 1 aromatic heterocycles. The Kier molecular flexibility index (Phi) is 5.10. The zero-order chi connectivity index (χ0) is 20.9. The van der Waals surface area contributed by atoms with E-state index < -0.39 is 17.2 Å². The second kappa shape index (κ2) is 7.44. The Morgan fingerprint density at radius 2 is 1.86 bits per heavy atom. The number of piperazine rings is 1. The molecule has 2 heterocycles. The van der Waals surface area contributed by atoms with Crippen molar-refractivity contribution in [2.75, 3.05) is 31.1 Å². The maximum absolute atomic E-state index is 14.9. The van der Waals surface area contributed by atoms with Crippen LogP contribution in [-0.2, 0) is 4.79 Å². The molecular formula is C20H21BrFN3O4. The third-order valence-electron chi connectivity index (χ3n) is 5.54. The van der Waals surface area contributed by atoms with Crippen molar-refractivity contribution < 1.29 is 19.1 Å². The van der Waals surface area contributed by atoms with E-state index in [0.717, 1.165) is 18.9 Å². The number of alkyl halides is 1. The molecule has 0 radical (unpaired) electrons. The van der Waals surface area contributed by atoms with E-state index in [4.69, 9.17) is 0 Å². The van der Waals surface area contributed by atoms with Gasteiger partial charge in [0, 0.05) is 43.8 Å². The number of pyridine rings is 1. The summed E-state index contributed by atoms with van der Waals surface area (Å²) in [5.41, 5.74) is -0.0935. The van der Waals surface area contributed by atoms with Gasteiger partial charge in [-0.1, -0.05) is 15.9 Å². The zero-order valence-corrected chi connectivity index (χ0v) is 17.5. The summed E-state index contributed by atoms with van der Waals surface area (Å²) in [5.74, 6) is -1.86. The fourth-order valence-corrected chi connectivity index (χ4v) is 4.12. The number of rotatable bonds is 4. The number of carboxylic acids is 1. The van der Waals surface area contributed by atoms with Crippen LogP contribution in [0.3, 0.4) is 0 Å². The van der Waals surface area contributed by atoms with E-state index in [-0.39, 0.29) is 27.7 Å². The van der Waals surface area contributed by atoms with Gasteiger partial charge in [0.05, 0.1) is 16.0 Å². The SMILES string of the molecule is CC(Br)C(=O)N1CCN(c2cc3c(cc2F)c(=O)c(C(=O)O)cn3C2CC2)CC1. The lowest BCUT2D eigenvalue weighted by molar-refractivity contribution is -0.130. The molecule has 1 N–H and O–H groups in total. The van der Waals surface area contributed by atoms with Crippen LogP contribution >= 0.6 is 15.9 Å². The molecule has 1 atom stereocenters. The Labute approximate surface area is 174 Å². The van der Waals surface area contributed by atoms with Gasteiger partial charge >= 0.3 is 5.97 Å². The van der Waals surface area contributed by atoms with Crippen molar-refractivity contribution in [2.45, 2.75) is 30.6 Å². The molecule has 1 aromatic carbocycles. The third kappa shape index (κ3) is 3.63. The van der Waals surface area contributed by atoms with Crippen LogP contribution in [-0.4, -0.2) is 57.5 Å². The minimum Gasteiger partial charge on any atom is -0.477 e. The number of benzene rings is 1. The number of aromatic carboxylic acids is 1. The van der Waals surface area contributed by atoms with Gasteiger partial charge < -0.3 is 19.5 Å². The maximum Gasteiger partial charge on any atom is 0.341 e. The molecule has 2 aliphatic rings. The smallest absolute Gasteiger partial charge is 0.341 e. The molecule has 1 saturated carbocycles. The molecule has 7 nitrogen and oxygen atoms in total. The highest BCUT2D eigenvalue weighted by Gasteiger charge is 2.29. The minimum absolute atomic E-state index is 0.00686. The summed E-state index contributed by atoms with van der Waals surface area (Å²) in [6, 6.07) is 2.92. The lowest BCUT2D eigenvalue weighted by Crippen LogP contribution is -2.50. The molecule has 2 fully saturated rings. The molecule has 1 saturated heterocycles. The first-order valence-electron chi connectivity index (χ1n) is 9.57. The van der Waals surface area contributed by atoms with E-state index in [0.29, 0.717) is 37.4 Å². The molecule has 1 aliphatic heterocycles. The summed E-state index contributed by atoms with van der Waals surface area (Å²) in [6.45, 7) is 3.71. The number of hydrogen-bond donors (Lipinski definition) is 1. The average Bonchev–Trinajstić information content (AvgIpc) is 3.52. The van der Waals surface area contributed by atoms with Crippen molar-refractivity contribution in [2.24, 2.45) is 0 Å². The molecular weight excluding hydrogens is 445 g/mol. The van der Waals surface area contributed by atoms with E-state index in [1.54, 1.807) is 22.5 Å². The van der Waals surface area contributed by atoms with Gasteiger partial charge in [0.2, 0.25) is 11.3 Å². The van der Waals surface area contributed by atoms with Crippen molar-refractivity contribution in [1.29, 1.82) is 0 Å². The first-order chi connectivity index (χ1) is 13.8. The molecule has 4 rings (SSSR count). The zero-order valence-electron chi connectivity index (χ0n) is 15.9. The number of hydrogen-bond acceptors (Lipinski definition) is 4. The number of carboxylic acid groups (broad SMARTS) is 1. The van der Waals surface area contributed by atoms with Crippen LogP contribution in [0, 0.1) is 5.82 Å². The van der Waals surface area contributed by atoms with Crippen molar-refractivity contribution in [3.05, 3.63) is 39.9 Å². The minimum atomic E-state index is -1.31. The van der Waals surface area contributed by atoms with E-state index in [1.165, 1.54) is 6.20 Å². The second-order valence-corrected chi connectivity index (χ2v) is 8.94. The maximum atomic E-state index is 14.9. The summed E-state index contributed by atoms with van der Waals surface area (Å²) in [4.78, 5) is 39.5. The molecule has 154 valence electrons. The van der Waals surface area contributed by atoms with Crippen molar-refractivity contribution in [1.82, 2.24) is 9.47 Å². The summed E-state index contributed by atoms with van der Waals surface area (Å²) in [6.07, 6.45) is 3.17. The van der Waals surface area contributed by atoms with Crippen LogP contribution in [0.25, 0.3) is 10.9 Å². The molecule has 0 spiro atoms. The van der Waals surface area contributed by atoms with Gasteiger partial charge in [-0.05, 0) is 31.9 Å². The van der Waals surface area contributed by atoms with Gasteiger partial charge in [-0.15, -0.1) is 0 Å². The van der Waals surface area contributed by atoms with Crippen LogP contribution in [0.15, 0.2) is 23.1 Å². The Hall–Kier alpha value is -2.42. The fraction of sp³-hybridized carbons (Fsp3) is 0.450. The predicted molar refractivity (Wildman–Crippen MR) is 111 cm³/mol. The van der Waals surface area contributed by atoms with Crippen molar-refractivity contribution in [3.8, 4) is 0 Å². The normalized spacial score (nSPS) is 18.2. The number of carbonyl (C=O) groups is 2. The van der Waals surface area contributed by atoms with Gasteiger partial charge in [-0.3, -0.25) is 9.59 Å². The lowest BCUT2D eigenvalue weighted by Gasteiger charge is -2.37. The summed E-state index contributed by atoms with van der Waals surface area (Å²) in [7, 11) is 0. The second-order valence-electron chi connectivity index (χ2n) is 7.56. The number of nitrogens with zero attached hydrogens (tertiary/aromatic N) is 3. The Morgan fingerprint density at radius 3 is 2.41 bits per heavy atom. The van der Waals surface area contributed by atoms with E-state index >= 15 is 0 Å². The summed E-state index contributed by atoms with van der Waals surface area (Å²) < 4.78 is 16.7. The van der Waals surface area contributed by atoms with Crippen LogP contribution < -0.4 is 10.3 Å². The van der Waals surface area contributed by atoms with Crippen LogP contribution in [0.5, 0.6) is 0 Å². The standard InChI is InChI=1S/C20H21BrFN3O4/c1-11(21)19(27)24-6-4-23(5-7-24)17-9-16-13(8-15(17)22)18(26)14(20(28)29)10-25(16)12-2-3-12/h8-12H,2-7H2,1H3,(H,28,29). The van der Waals surface area contributed by atoms with Gasteiger partial charge in [0.15, 0.2) is 0 Å². The number of amides is 1. The lowest BCUT2D eigenvalue weighted by atomic mass is 10.1. The Balaban J connectivity index is 1.72. The van der Waals surface area contributed by atoms with Gasteiger partial charge in [-0.25, -0.2) is 9.18 Å². The average molecular weight is 466 g/mol. The molecule has 1 aliphatic carbocycles. The Bertz CT molecular complexity index is 1060. The quantitative estimate of drug-likeness (QED) is 0.701. The van der Waals surface area contributed by atoms with E-state index in [9.17, 15) is 23.9 Å². The third-order valence-corrected chi connectivity index (χ3v) is 5.94. The van der Waals surface area contributed by atoms with E-state index in [1.807, 2.05) is 4.90 Å². The molecule has 29 heavy (non-hydrogen) atoms. The van der Waals surface area contributed by atoms with Crippen molar-refractivity contribution >= 4 is 44.4 Å². The van der Waals surface area contributed by atoms with Gasteiger partial charge in [-0.2, -0.15) is 0 Å². The van der Waals surface area contributed by atoms with Gasteiger partial charge in [0.1, 0.15) is 11.4 Å². The number of fused-ring (bicyclic) bond motifs is 1. The topological polar surface area (TPSA) is 82.8 Å². The number of aromatic nitrogens is 1. The van der Waals surface area contributed by atoms with E-state index in [2.05, 4.69) is 15.9 Å². The summed E-state index contributed by atoms with van der Waals surface area (Å²) in [5, 5.41) is 9.42. The summed E-state index contributed by atoms with van der Waals surface area (Å²) >= 11 is 3.29. The van der Waals surface area contributed by atoms with Crippen LogP contribution in [0.1, 0.15) is 36.2 Å². The number of anilines is 1. The molecule has 0 bridgehead atoms. The number of carbonyl (C=O) groups excluding carboxylic acids is 1. The predicted octanol–water partition coefficient (Wildman–Crippen LogP) is 2.61. The van der Waals surface area contributed by atoms with Gasteiger partial charge in [0.25, 0.3) is 0 Å². The largest absolute Gasteiger partial charge is 0.477 e. The molecule has 2 aromatic rings. The first kappa shape index (κ1) is 19.9. The highest BCUT2D eigenvalue weighted by atomic mass is 79.9. The highest BCUT2D eigenvalue weighted by molar-refractivity contribution is 9.10. The van der Waals surface area contributed by atoms with Crippen LogP contribution in [0.2, 0.25) is 0 Å². The van der Waals surface area contributed by atoms with Crippen molar-refractivity contribution in [3.63, 3.8) is 0 Å². The van der Waals surface area contributed by atoms with Crippen LogP contribution in [0.4, 0.5) is 10.1 Å².